The minimum Gasteiger partial charge on any atom is -0.295 e. The molecule has 0 saturated carbocycles. The summed E-state index contributed by atoms with van der Waals surface area (Å²) in [5, 5.41) is 0. The van der Waals surface area contributed by atoms with E-state index in [9.17, 15) is 4.79 Å². The van der Waals surface area contributed by atoms with E-state index in [4.69, 9.17) is 0 Å². The number of unbranched alkanes of at least 4 members (excludes halogenated alkanes) is 1. The second-order valence-electron chi connectivity index (χ2n) is 5.14. The second-order valence-corrected chi connectivity index (χ2v) is 6.27. The molecule has 102 valence electrons. The van der Waals surface area contributed by atoms with Crippen molar-refractivity contribution in [1.82, 2.24) is 0 Å². The first-order valence-corrected chi connectivity index (χ1v) is 8.02. The first-order valence-electron chi connectivity index (χ1n) is 7.21. The van der Waals surface area contributed by atoms with Crippen LogP contribution in [0.5, 0.6) is 0 Å². The lowest BCUT2D eigenvalue weighted by atomic mass is 9.99. The zero-order valence-electron chi connectivity index (χ0n) is 11.9. The van der Waals surface area contributed by atoms with Gasteiger partial charge < -0.3 is 0 Å². The molecule has 0 bridgehead atoms. The van der Waals surface area contributed by atoms with Gasteiger partial charge >= 0.3 is 0 Å². The molecular formula is C17H22OS. The lowest BCUT2D eigenvalue weighted by Gasteiger charge is -2.17. The standard InChI is InChI=1S/C17H22OS/c1-3-4-8-14-9-5-6-11-17(14)19-16-12-7-10-15(18)13(16)2/h5-6,9,11H,3-4,7-8,10,12H2,1-2H3. The van der Waals surface area contributed by atoms with Crippen LogP contribution in [0, 0.1) is 0 Å². The number of carbonyl (C=O) groups excluding carboxylic acids is 1. The van der Waals surface area contributed by atoms with Crippen LogP contribution in [-0.4, -0.2) is 5.78 Å². The van der Waals surface area contributed by atoms with Crippen molar-refractivity contribution in [3.05, 3.63) is 40.3 Å². The Labute approximate surface area is 120 Å². The van der Waals surface area contributed by atoms with Crippen LogP contribution in [0.2, 0.25) is 0 Å². The summed E-state index contributed by atoms with van der Waals surface area (Å²) < 4.78 is 0. The van der Waals surface area contributed by atoms with Crippen molar-refractivity contribution in [1.29, 1.82) is 0 Å². The van der Waals surface area contributed by atoms with Crippen molar-refractivity contribution in [2.75, 3.05) is 0 Å². The fourth-order valence-electron chi connectivity index (χ4n) is 2.38. The minimum atomic E-state index is 0.333. The van der Waals surface area contributed by atoms with Crippen LogP contribution in [0.1, 0.15) is 51.5 Å². The molecule has 1 aliphatic carbocycles. The molecule has 0 heterocycles. The summed E-state index contributed by atoms with van der Waals surface area (Å²) in [6.07, 6.45) is 6.39. The second kappa shape index (κ2) is 6.95. The van der Waals surface area contributed by atoms with Gasteiger partial charge in [-0.2, -0.15) is 0 Å². The van der Waals surface area contributed by atoms with Crippen LogP contribution in [0.4, 0.5) is 0 Å². The number of benzene rings is 1. The highest BCUT2D eigenvalue weighted by Crippen LogP contribution is 2.37. The lowest BCUT2D eigenvalue weighted by Crippen LogP contribution is -2.07. The Balaban J connectivity index is 2.18. The molecule has 2 heteroatoms. The fourth-order valence-corrected chi connectivity index (χ4v) is 3.60. The van der Waals surface area contributed by atoms with Crippen molar-refractivity contribution < 1.29 is 4.79 Å². The van der Waals surface area contributed by atoms with E-state index >= 15 is 0 Å². The van der Waals surface area contributed by atoms with E-state index in [0.717, 1.165) is 31.3 Å². The van der Waals surface area contributed by atoms with Gasteiger partial charge in [-0.05, 0) is 49.1 Å². The summed E-state index contributed by atoms with van der Waals surface area (Å²) in [7, 11) is 0. The molecular weight excluding hydrogens is 252 g/mol. The van der Waals surface area contributed by atoms with Gasteiger partial charge in [0.25, 0.3) is 0 Å². The summed E-state index contributed by atoms with van der Waals surface area (Å²) >= 11 is 1.81. The highest BCUT2D eigenvalue weighted by atomic mass is 32.2. The number of thioether (sulfide) groups is 1. The zero-order chi connectivity index (χ0) is 13.7. The molecule has 0 radical (unpaired) electrons. The molecule has 1 aliphatic rings. The molecule has 0 unspecified atom stereocenters. The molecule has 0 aromatic heterocycles. The van der Waals surface area contributed by atoms with Gasteiger partial charge in [-0.1, -0.05) is 43.3 Å². The van der Waals surface area contributed by atoms with Crippen LogP contribution in [0.15, 0.2) is 39.6 Å². The van der Waals surface area contributed by atoms with E-state index in [1.165, 1.54) is 28.2 Å². The van der Waals surface area contributed by atoms with Gasteiger partial charge in [0.15, 0.2) is 5.78 Å². The number of Topliss-reactive ketones (excluding diaryl/α,β-unsaturated/α-hetero) is 1. The maximum absolute atomic E-state index is 11.8. The largest absolute Gasteiger partial charge is 0.295 e. The highest BCUT2D eigenvalue weighted by molar-refractivity contribution is 8.03. The van der Waals surface area contributed by atoms with Crippen LogP contribution < -0.4 is 0 Å². The van der Waals surface area contributed by atoms with E-state index < -0.39 is 0 Å². The Hall–Kier alpha value is -1.02. The van der Waals surface area contributed by atoms with Gasteiger partial charge in [-0.3, -0.25) is 4.79 Å². The van der Waals surface area contributed by atoms with E-state index in [1.807, 2.05) is 18.7 Å². The minimum absolute atomic E-state index is 0.333. The first kappa shape index (κ1) is 14.4. The lowest BCUT2D eigenvalue weighted by molar-refractivity contribution is -0.115. The molecule has 0 spiro atoms. The summed E-state index contributed by atoms with van der Waals surface area (Å²) in [5.41, 5.74) is 2.41. The number of carbonyl (C=O) groups is 1. The van der Waals surface area contributed by atoms with Crippen LogP contribution in [-0.2, 0) is 11.2 Å². The number of hydrogen-bond acceptors (Lipinski definition) is 2. The smallest absolute Gasteiger partial charge is 0.159 e. The van der Waals surface area contributed by atoms with E-state index in [0.29, 0.717) is 5.78 Å². The van der Waals surface area contributed by atoms with Gasteiger partial charge in [0.1, 0.15) is 0 Å². The molecule has 2 rings (SSSR count). The molecule has 0 aliphatic heterocycles. The number of allylic oxidation sites excluding steroid dienone is 2. The average Bonchev–Trinajstić information content (AvgIpc) is 2.43. The Bertz CT molecular complexity index is 488. The fraction of sp³-hybridized carbons (Fsp3) is 0.471. The highest BCUT2D eigenvalue weighted by Gasteiger charge is 2.18. The summed E-state index contributed by atoms with van der Waals surface area (Å²) in [6.45, 7) is 4.21. The number of ketones is 1. The monoisotopic (exact) mass is 274 g/mol. The van der Waals surface area contributed by atoms with Crippen LogP contribution in [0.3, 0.4) is 0 Å². The molecule has 0 amide bonds. The molecule has 0 atom stereocenters. The predicted molar refractivity (Wildman–Crippen MR) is 82.5 cm³/mol. The Morgan fingerprint density at radius 2 is 2.00 bits per heavy atom. The van der Waals surface area contributed by atoms with Crippen molar-refractivity contribution in [2.24, 2.45) is 0 Å². The molecule has 1 aromatic rings. The zero-order valence-corrected chi connectivity index (χ0v) is 12.7. The topological polar surface area (TPSA) is 17.1 Å². The Morgan fingerprint density at radius 1 is 1.21 bits per heavy atom. The van der Waals surface area contributed by atoms with E-state index in [1.54, 1.807) is 0 Å². The first-order chi connectivity index (χ1) is 9.22. The van der Waals surface area contributed by atoms with Gasteiger partial charge in [-0.15, -0.1) is 0 Å². The van der Waals surface area contributed by atoms with E-state index in [2.05, 4.69) is 31.2 Å². The van der Waals surface area contributed by atoms with Gasteiger partial charge in [0, 0.05) is 16.9 Å². The molecule has 0 N–H and O–H groups in total. The number of hydrogen-bond donors (Lipinski definition) is 0. The molecule has 0 fully saturated rings. The van der Waals surface area contributed by atoms with Gasteiger partial charge in [-0.25, -0.2) is 0 Å². The molecule has 19 heavy (non-hydrogen) atoms. The van der Waals surface area contributed by atoms with Crippen molar-refractivity contribution in [2.45, 2.75) is 57.3 Å². The van der Waals surface area contributed by atoms with Crippen molar-refractivity contribution in [3.8, 4) is 0 Å². The Morgan fingerprint density at radius 3 is 2.79 bits per heavy atom. The van der Waals surface area contributed by atoms with Crippen molar-refractivity contribution in [3.63, 3.8) is 0 Å². The van der Waals surface area contributed by atoms with Gasteiger partial charge in [0.05, 0.1) is 0 Å². The normalized spacial score (nSPS) is 16.0. The quantitative estimate of drug-likeness (QED) is 0.738. The summed E-state index contributed by atoms with van der Waals surface area (Å²) in [5.74, 6) is 0.333. The Kier molecular flexibility index (Phi) is 5.26. The number of aryl methyl sites for hydroxylation is 1. The predicted octanol–water partition coefficient (Wildman–Crippen LogP) is 5.15. The molecule has 0 saturated heterocycles. The summed E-state index contributed by atoms with van der Waals surface area (Å²) in [4.78, 5) is 14.4. The third kappa shape index (κ3) is 3.73. The SMILES string of the molecule is CCCCc1ccccc1SC1=C(C)C(=O)CCC1. The summed E-state index contributed by atoms with van der Waals surface area (Å²) in [6, 6.07) is 8.62. The third-order valence-corrected chi connectivity index (χ3v) is 5.02. The third-order valence-electron chi connectivity index (χ3n) is 3.65. The molecule has 1 aromatic carbocycles. The van der Waals surface area contributed by atoms with Crippen molar-refractivity contribution >= 4 is 17.5 Å². The molecule has 1 nitrogen and oxygen atoms in total. The number of rotatable bonds is 5. The van der Waals surface area contributed by atoms with Crippen LogP contribution in [0.25, 0.3) is 0 Å². The average molecular weight is 274 g/mol. The maximum Gasteiger partial charge on any atom is 0.159 e. The maximum atomic E-state index is 11.8. The van der Waals surface area contributed by atoms with Gasteiger partial charge in [0.2, 0.25) is 0 Å². The van der Waals surface area contributed by atoms with Crippen LogP contribution >= 0.6 is 11.8 Å². The van der Waals surface area contributed by atoms with E-state index in [-0.39, 0.29) is 0 Å².